The van der Waals surface area contributed by atoms with Crippen molar-refractivity contribution in [1.82, 2.24) is 9.62 Å². The van der Waals surface area contributed by atoms with Crippen LogP contribution >= 0.6 is 0 Å². The van der Waals surface area contributed by atoms with E-state index in [-0.39, 0.29) is 35.6 Å². The number of morpholine rings is 1. The van der Waals surface area contributed by atoms with E-state index in [1.54, 1.807) is 36.4 Å². The molecule has 3 aromatic carbocycles. The van der Waals surface area contributed by atoms with Gasteiger partial charge < -0.3 is 20.1 Å². The Morgan fingerprint density at radius 1 is 1.00 bits per heavy atom. The molecule has 4 rings (SSSR count). The molecule has 0 bridgehead atoms. The molecule has 2 N–H and O–H groups in total. The van der Waals surface area contributed by atoms with E-state index in [0.717, 1.165) is 5.56 Å². The predicted octanol–water partition coefficient (Wildman–Crippen LogP) is 3.78. The lowest BCUT2D eigenvalue weighted by Gasteiger charge is -2.26. The Kier molecular flexibility index (Phi) is 9.34. The molecule has 0 aliphatic carbocycles. The summed E-state index contributed by atoms with van der Waals surface area (Å²) in [5.74, 6) is -0.113. The van der Waals surface area contributed by atoms with Gasteiger partial charge in [-0.15, -0.1) is 0 Å². The minimum absolute atomic E-state index is 0.0633. The highest BCUT2D eigenvalue weighted by Crippen LogP contribution is 2.26. The van der Waals surface area contributed by atoms with Gasteiger partial charge >= 0.3 is 0 Å². The Labute approximate surface area is 229 Å². The van der Waals surface area contributed by atoms with E-state index in [2.05, 4.69) is 10.6 Å². The third kappa shape index (κ3) is 7.03. The van der Waals surface area contributed by atoms with Gasteiger partial charge in [-0.2, -0.15) is 4.31 Å². The summed E-state index contributed by atoms with van der Waals surface area (Å²) in [4.78, 5) is 26.1. The summed E-state index contributed by atoms with van der Waals surface area (Å²) in [6, 6.07) is 20.9. The molecular formula is C29H33N3O6S. The number of benzene rings is 3. The number of methoxy groups -OCH3 is 1. The summed E-state index contributed by atoms with van der Waals surface area (Å²) in [5.41, 5.74) is 2.32. The van der Waals surface area contributed by atoms with Gasteiger partial charge in [-0.25, -0.2) is 8.42 Å². The van der Waals surface area contributed by atoms with Crippen molar-refractivity contribution in [2.45, 2.75) is 30.7 Å². The smallest absolute Gasteiger partial charge is 0.253 e. The number of amides is 2. The first-order valence-corrected chi connectivity index (χ1v) is 14.2. The Morgan fingerprint density at radius 3 is 2.41 bits per heavy atom. The normalized spacial score (nSPS) is 14.8. The maximum Gasteiger partial charge on any atom is 0.253 e. The Bertz CT molecular complexity index is 1410. The average Bonchev–Trinajstić information content (AvgIpc) is 2.97. The number of ether oxygens (including phenoxy) is 2. The number of carbonyl (C=O) groups is 2. The predicted molar refractivity (Wildman–Crippen MR) is 148 cm³/mol. The van der Waals surface area contributed by atoms with Crippen molar-refractivity contribution in [3.05, 3.63) is 89.5 Å². The van der Waals surface area contributed by atoms with Crippen molar-refractivity contribution in [1.29, 1.82) is 0 Å². The highest BCUT2D eigenvalue weighted by atomic mass is 32.2. The summed E-state index contributed by atoms with van der Waals surface area (Å²) in [6.07, 6.45) is 0.314. The summed E-state index contributed by atoms with van der Waals surface area (Å²) in [7, 11) is -2.19. The highest BCUT2D eigenvalue weighted by molar-refractivity contribution is 7.89. The van der Waals surface area contributed by atoms with Crippen LogP contribution in [0, 0.1) is 0 Å². The number of para-hydroxylation sites is 1. The molecule has 0 aromatic heterocycles. The lowest BCUT2D eigenvalue weighted by atomic mass is 10.1. The second-order valence-electron chi connectivity index (χ2n) is 9.19. The molecule has 1 saturated heterocycles. The van der Waals surface area contributed by atoms with Crippen LogP contribution in [0.5, 0.6) is 5.75 Å². The molecule has 0 saturated carbocycles. The monoisotopic (exact) mass is 551 g/mol. The van der Waals surface area contributed by atoms with Crippen molar-refractivity contribution in [2.24, 2.45) is 0 Å². The molecule has 10 heteroatoms. The number of nitrogens with one attached hydrogen (secondary N) is 2. The van der Waals surface area contributed by atoms with Crippen LogP contribution in [0.2, 0.25) is 0 Å². The van der Waals surface area contributed by atoms with Gasteiger partial charge in [-0.3, -0.25) is 9.59 Å². The van der Waals surface area contributed by atoms with Gasteiger partial charge in [0, 0.05) is 19.5 Å². The first kappa shape index (κ1) is 28.3. The zero-order valence-electron chi connectivity index (χ0n) is 22.1. The van der Waals surface area contributed by atoms with Crippen LogP contribution in [-0.4, -0.2) is 58.0 Å². The quantitative estimate of drug-likeness (QED) is 0.397. The van der Waals surface area contributed by atoms with Gasteiger partial charge in [0.05, 0.1) is 42.5 Å². The van der Waals surface area contributed by atoms with Gasteiger partial charge in [0.2, 0.25) is 15.9 Å². The third-order valence-electron chi connectivity index (χ3n) is 6.57. The van der Waals surface area contributed by atoms with Crippen LogP contribution in [0.15, 0.2) is 77.7 Å². The van der Waals surface area contributed by atoms with Crippen molar-refractivity contribution >= 4 is 27.5 Å². The van der Waals surface area contributed by atoms with Crippen LogP contribution in [-0.2, 0) is 26.0 Å². The van der Waals surface area contributed by atoms with Crippen LogP contribution in [0.4, 0.5) is 5.69 Å². The number of hydrogen-bond donors (Lipinski definition) is 2. The van der Waals surface area contributed by atoms with Crippen LogP contribution < -0.4 is 15.4 Å². The summed E-state index contributed by atoms with van der Waals surface area (Å²) >= 11 is 0. The summed E-state index contributed by atoms with van der Waals surface area (Å²) in [6.45, 7) is 3.20. The largest absolute Gasteiger partial charge is 0.496 e. The molecule has 0 radical (unpaired) electrons. The van der Waals surface area contributed by atoms with Crippen molar-refractivity contribution in [3.8, 4) is 5.75 Å². The standard InChI is InChI=1S/C29H33N3O6S/c1-21(22-8-4-3-5-9-22)30-29(34)25-10-6-7-11-26(25)31-28(33)15-12-23-20-24(13-14-27(23)37-2)39(35,36)32-16-18-38-19-17-32/h3-11,13-14,20-21H,12,15-19H2,1-2H3,(H,30,34)(H,31,33). The van der Waals surface area contributed by atoms with Crippen molar-refractivity contribution in [3.63, 3.8) is 0 Å². The van der Waals surface area contributed by atoms with Crippen molar-refractivity contribution in [2.75, 3.05) is 38.7 Å². The van der Waals surface area contributed by atoms with E-state index in [1.807, 2.05) is 37.3 Å². The first-order chi connectivity index (χ1) is 18.8. The number of sulfonamides is 1. The summed E-state index contributed by atoms with van der Waals surface area (Å²) < 4.78 is 38.3. The zero-order valence-corrected chi connectivity index (χ0v) is 22.9. The van der Waals surface area contributed by atoms with Gasteiger partial charge in [0.25, 0.3) is 5.91 Å². The van der Waals surface area contributed by atoms with Crippen molar-refractivity contribution < 1.29 is 27.5 Å². The molecule has 1 aliphatic rings. The van der Waals surface area contributed by atoms with E-state index in [4.69, 9.17) is 9.47 Å². The maximum absolute atomic E-state index is 13.1. The Hall–Kier alpha value is -3.73. The van der Waals surface area contributed by atoms with E-state index in [0.29, 0.717) is 48.9 Å². The molecule has 206 valence electrons. The number of nitrogens with zero attached hydrogens (tertiary/aromatic N) is 1. The SMILES string of the molecule is COc1ccc(S(=O)(=O)N2CCOCC2)cc1CCC(=O)Nc1ccccc1C(=O)NC(C)c1ccccc1. The number of rotatable bonds is 10. The second kappa shape index (κ2) is 12.9. The lowest BCUT2D eigenvalue weighted by Crippen LogP contribution is -2.40. The number of anilines is 1. The number of hydrogen-bond acceptors (Lipinski definition) is 6. The van der Waals surface area contributed by atoms with Crippen LogP contribution in [0.3, 0.4) is 0 Å². The zero-order chi connectivity index (χ0) is 27.8. The van der Waals surface area contributed by atoms with Crippen LogP contribution in [0.1, 0.15) is 40.9 Å². The average molecular weight is 552 g/mol. The molecule has 1 atom stereocenters. The molecule has 3 aromatic rings. The van der Waals surface area contributed by atoms with E-state index >= 15 is 0 Å². The molecular weight excluding hydrogens is 518 g/mol. The molecule has 2 amide bonds. The first-order valence-electron chi connectivity index (χ1n) is 12.8. The van der Waals surface area contributed by atoms with Gasteiger partial charge in [0.1, 0.15) is 5.75 Å². The third-order valence-corrected chi connectivity index (χ3v) is 8.47. The van der Waals surface area contributed by atoms with Gasteiger partial charge in [-0.05, 0) is 54.8 Å². The van der Waals surface area contributed by atoms with Crippen LogP contribution in [0.25, 0.3) is 0 Å². The minimum Gasteiger partial charge on any atom is -0.496 e. The molecule has 9 nitrogen and oxygen atoms in total. The van der Waals surface area contributed by atoms with Gasteiger partial charge in [0.15, 0.2) is 0 Å². The Morgan fingerprint density at radius 2 is 1.69 bits per heavy atom. The summed E-state index contributed by atoms with van der Waals surface area (Å²) in [5, 5.41) is 5.80. The molecule has 0 spiro atoms. The molecule has 1 aliphatic heterocycles. The number of carbonyl (C=O) groups excluding carboxylic acids is 2. The number of aryl methyl sites for hydroxylation is 1. The second-order valence-corrected chi connectivity index (χ2v) is 11.1. The molecule has 1 fully saturated rings. The van der Waals surface area contributed by atoms with E-state index in [9.17, 15) is 18.0 Å². The lowest BCUT2D eigenvalue weighted by molar-refractivity contribution is -0.116. The fourth-order valence-electron chi connectivity index (χ4n) is 4.40. The maximum atomic E-state index is 13.1. The van der Waals surface area contributed by atoms with E-state index < -0.39 is 10.0 Å². The topological polar surface area (TPSA) is 114 Å². The molecule has 1 heterocycles. The fourth-order valence-corrected chi connectivity index (χ4v) is 5.86. The van der Waals surface area contributed by atoms with E-state index in [1.165, 1.54) is 17.5 Å². The Balaban J connectivity index is 1.43. The fraction of sp³-hybridized carbons (Fsp3) is 0.310. The molecule has 39 heavy (non-hydrogen) atoms. The minimum atomic E-state index is -3.69. The van der Waals surface area contributed by atoms with Gasteiger partial charge in [-0.1, -0.05) is 42.5 Å². The highest BCUT2D eigenvalue weighted by Gasteiger charge is 2.27. The molecule has 1 unspecified atom stereocenters.